The van der Waals surface area contributed by atoms with Gasteiger partial charge >= 0.3 is 11.9 Å². The Hall–Kier alpha value is -2.90. The molecule has 2 atom stereocenters. The van der Waals surface area contributed by atoms with Crippen LogP contribution in [0, 0.1) is 29.2 Å². The molecule has 2 aliphatic rings. The zero-order valence-corrected chi connectivity index (χ0v) is 13.8. The predicted molar refractivity (Wildman–Crippen MR) is 84.8 cm³/mol. The van der Waals surface area contributed by atoms with Gasteiger partial charge in [-0.1, -0.05) is 12.1 Å². The maximum absolute atomic E-state index is 13.0. The molecule has 8 heteroatoms. The lowest BCUT2D eigenvalue weighted by atomic mass is 9.94. The number of hydrogen-bond donors (Lipinski definition) is 1. The third-order valence-electron chi connectivity index (χ3n) is 4.66. The number of fused-ring (bicyclic) bond motifs is 1. The number of halogens is 4. The highest BCUT2D eigenvalue weighted by Gasteiger charge is 2.66. The average Bonchev–Trinajstić information content (AvgIpc) is 3.26. The van der Waals surface area contributed by atoms with Crippen LogP contribution in [0.2, 0.25) is 0 Å². The molecule has 0 spiro atoms. The molecule has 142 valence electrons. The van der Waals surface area contributed by atoms with Crippen LogP contribution in [-0.4, -0.2) is 23.7 Å². The fourth-order valence-electron chi connectivity index (χ4n) is 3.16. The summed E-state index contributed by atoms with van der Waals surface area (Å²) in [5.41, 5.74) is 0.115. The van der Waals surface area contributed by atoms with E-state index in [-0.39, 0.29) is 23.9 Å². The Balaban J connectivity index is 0.000000161. The second kappa shape index (κ2) is 7.02. The number of carbonyl (C=O) groups is 2. The van der Waals surface area contributed by atoms with E-state index in [4.69, 9.17) is 9.84 Å². The molecule has 2 aromatic carbocycles. The van der Waals surface area contributed by atoms with Crippen molar-refractivity contribution >= 4 is 11.9 Å². The number of carboxylic acid groups (broad SMARTS) is 1. The van der Waals surface area contributed by atoms with Gasteiger partial charge in [-0.15, -0.1) is 0 Å². The van der Waals surface area contributed by atoms with Crippen LogP contribution in [0.15, 0.2) is 36.4 Å². The fourth-order valence-corrected chi connectivity index (χ4v) is 3.16. The van der Waals surface area contributed by atoms with E-state index in [0.29, 0.717) is 18.6 Å². The summed E-state index contributed by atoms with van der Waals surface area (Å²) < 4.78 is 55.4. The average molecular weight is 382 g/mol. The largest absolute Gasteiger partial charge is 0.481 e. The third kappa shape index (κ3) is 3.65. The van der Waals surface area contributed by atoms with Crippen LogP contribution < -0.4 is 0 Å². The number of ether oxygens (including phenoxy) is 1. The monoisotopic (exact) mass is 382 g/mol. The van der Waals surface area contributed by atoms with Crippen molar-refractivity contribution in [1.82, 2.24) is 0 Å². The number of aliphatic carboxylic acids is 1. The van der Waals surface area contributed by atoms with Crippen LogP contribution in [0.3, 0.4) is 0 Å². The van der Waals surface area contributed by atoms with Crippen LogP contribution in [0.4, 0.5) is 17.6 Å². The molecule has 4 rings (SSSR count). The van der Waals surface area contributed by atoms with Gasteiger partial charge in [0.2, 0.25) is 0 Å². The maximum atomic E-state index is 13.0. The first-order valence-electron chi connectivity index (χ1n) is 8.02. The van der Waals surface area contributed by atoms with E-state index < -0.39 is 34.7 Å². The summed E-state index contributed by atoms with van der Waals surface area (Å²) in [6.07, 6.45) is 0.397. The first kappa shape index (κ1) is 18.9. The number of benzene rings is 2. The summed E-state index contributed by atoms with van der Waals surface area (Å²) in [6, 6.07) is 6.65. The zero-order valence-electron chi connectivity index (χ0n) is 13.8. The van der Waals surface area contributed by atoms with Gasteiger partial charge in [0.05, 0.1) is 18.4 Å². The summed E-state index contributed by atoms with van der Waals surface area (Å²) in [7, 11) is 0. The Bertz CT molecular complexity index is 915. The topological polar surface area (TPSA) is 63.6 Å². The first-order chi connectivity index (χ1) is 12.7. The van der Waals surface area contributed by atoms with Gasteiger partial charge in [-0.05, 0) is 41.8 Å². The van der Waals surface area contributed by atoms with Gasteiger partial charge < -0.3 is 9.84 Å². The van der Waals surface area contributed by atoms with E-state index in [1.54, 1.807) is 0 Å². The normalized spacial score (nSPS) is 22.4. The lowest BCUT2D eigenvalue weighted by Crippen LogP contribution is -2.19. The fraction of sp³-hybridized carbons (Fsp3) is 0.263. The Morgan fingerprint density at radius 3 is 2.15 bits per heavy atom. The van der Waals surface area contributed by atoms with Crippen LogP contribution in [0.1, 0.15) is 17.5 Å². The summed E-state index contributed by atoms with van der Waals surface area (Å²) in [5.74, 6) is -5.02. The van der Waals surface area contributed by atoms with Gasteiger partial charge in [-0.3, -0.25) is 9.59 Å². The molecule has 2 fully saturated rings. The molecule has 2 unspecified atom stereocenters. The van der Waals surface area contributed by atoms with Crippen molar-refractivity contribution in [2.45, 2.75) is 18.3 Å². The highest BCUT2D eigenvalue weighted by molar-refractivity contribution is 5.89. The molecule has 1 saturated heterocycles. The van der Waals surface area contributed by atoms with Crippen LogP contribution >= 0.6 is 0 Å². The molecule has 1 N–H and O–H groups in total. The lowest BCUT2D eigenvalue weighted by Gasteiger charge is -2.09. The van der Waals surface area contributed by atoms with Crippen molar-refractivity contribution in [3.8, 4) is 0 Å². The standard InChI is InChI=1S/C11H8F2O2.C8H6F2O2/c12-8-2-1-6(3-9(8)13)11-4-7(11)5-15-10(11)14;9-6-2-1-5(3-7(6)10)4-8(11)12/h1-3,7H,4-5H2;1-3H,4H2,(H,11,12). The van der Waals surface area contributed by atoms with Crippen molar-refractivity contribution in [3.05, 3.63) is 70.8 Å². The van der Waals surface area contributed by atoms with Gasteiger partial charge in [0.1, 0.15) is 0 Å². The molecule has 2 aromatic rings. The van der Waals surface area contributed by atoms with Gasteiger partial charge in [0.25, 0.3) is 0 Å². The minimum atomic E-state index is -1.07. The van der Waals surface area contributed by atoms with Crippen molar-refractivity contribution in [2.75, 3.05) is 6.61 Å². The smallest absolute Gasteiger partial charge is 0.317 e. The Morgan fingerprint density at radius 1 is 1.04 bits per heavy atom. The first-order valence-corrected chi connectivity index (χ1v) is 8.02. The molecule has 1 aliphatic carbocycles. The van der Waals surface area contributed by atoms with Crippen LogP contribution in [-0.2, 0) is 26.2 Å². The maximum Gasteiger partial charge on any atom is 0.317 e. The molecule has 1 aliphatic heterocycles. The van der Waals surface area contributed by atoms with Crippen LogP contribution in [0.25, 0.3) is 0 Å². The van der Waals surface area contributed by atoms with E-state index in [1.807, 2.05) is 0 Å². The van der Waals surface area contributed by atoms with Crippen molar-refractivity contribution in [2.24, 2.45) is 5.92 Å². The van der Waals surface area contributed by atoms with Crippen molar-refractivity contribution < 1.29 is 37.0 Å². The quantitative estimate of drug-likeness (QED) is 0.653. The minimum absolute atomic E-state index is 0.148. The molecule has 1 heterocycles. The molecular formula is C19H14F4O4. The third-order valence-corrected chi connectivity index (χ3v) is 4.66. The predicted octanol–water partition coefficient (Wildman–Crippen LogP) is 3.37. The van der Waals surface area contributed by atoms with Gasteiger partial charge in [0.15, 0.2) is 23.3 Å². The molecule has 0 aromatic heterocycles. The Labute approximate surface area is 151 Å². The lowest BCUT2D eigenvalue weighted by molar-refractivity contribution is -0.142. The molecule has 4 nitrogen and oxygen atoms in total. The van der Waals surface area contributed by atoms with Crippen LogP contribution in [0.5, 0.6) is 0 Å². The van der Waals surface area contributed by atoms with Gasteiger partial charge in [-0.2, -0.15) is 0 Å². The molecule has 0 bridgehead atoms. The second-order valence-corrected chi connectivity index (χ2v) is 6.42. The summed E-state index contributed by atoms with van der Waals surface area (Å²) >= 11 is 0. The second-order valence-electron chi connectivity index (χ2n) is 6.42. The number of esters is 1. The Morgan fingerprint density at radius 2 is 1.67 bits per heavy atom. The SMILES string of the molecule is O=C(O)Cc1ccc(F)c(F)c1.O=C1OCC2CC12c1ccc(F)c(F)c1. The number of rotatable bonds is 3. The zero-order chi connectivity index (χ0) is 19.8. The summed E-state index contributed by atoms with van der Waals surface area (Å²) in [5, 5.41) is 8.31. The molecular weight excluding hydrogens is 368 g/mol. The molecule has 0 radical (unpaired) electrons. The van der Waals surface area contributed by atoms with Gasteiger partial charge in [0, 0.05) is 5.92 Å². The number of hydrogen-bond acceptors (Lipinski definition) is 3. The van der Waals surface area contributed by atoms with E-state index >= 15 is 0 Å². The summed E-state index contributed by atoms with van der Waals surface area (Å²) in [6.45, 7) is 0.401. The van der Waals surface area contributed by atoms with E-state index in [0.717, 1.165) is 24.3 Å². The highest BCUT2D eigenvalue weighted by Crippen LogP contribution is 2.59. The van der Waals surface area contributed by atoms with Gasteiger partial charge in [-0.25, -0.2) is 17.6 Å². The number of carboxylic acids is 1. The van der Waals surface area contributed by atoms with Crippen molar-refractivity contribution in [1.29, 1.82) is 0 Å². The molecule has 0 amide bonds. The summed E-state index contributed by atoms with van der Waals surface area (Å²) in [4.78, 5) is 21.6. The molecule has 1 saturated carbocycles. The van der Waals surface area contributed by atoms with E-state index in [2.05, 4.69) is 0 Å². The van der Waals surface area contributed by atoms with E-state index in [9.17, 15) is 27.2 Å². The Kier molecular flexibility index (Phi) is 4.91. The minimum Gasteiger partial charge on any atom is -0.481 e. The number of cyclic esters (lactones) is 1. The highest BCUT2D eigenvalue weighted by atomic mass is 19.2. The number of carbonyl (C=O) groups excluding carboxylic acids is 1. The molecule has 27 heavy (non-hydrogen) atoms. The van der Waals surface area contributed by atoms with E-state index in [1.165, 1.54) is 12.1 Å². The van der Waals surface area contributed by atoms with Crippen molar-refractivity contribution in [3.63, 3.8) is 0 Å².